The fraction of sp³-hybridized carbons (Fsp3) is 0.462. The number of methoxy groups -OCH3 is 1. The number of amides is 1. The number of benzene rings is 1. The lowest BCUT2D eigenvalue weighted by Crippen LogP contribution is -2.39. The van der Waals surface area contributed by atoms with Crippen molar-refractivity contribution in [3.8, 4) is 0 Å². The molecular weight excluding hydrogens is 286 g/mol. The van der Waals surface area contributed by atoms with E-state index in [-0.39, 0.29) is 19.2 Å². The van der Waals surface area contributed by atoms with Crippen LogP contribution in [0.5, 0.6) is 0 Å². The molecule has 0 heterocycles. The number of nitro benzene ring substituents is 1. The van der Waals surface area contributed by atoms with E-state index >= 15 is 0 Å². The van der Waals surface area contributed by atoms with Gasteiger partial charge in [-0.1, -0.05) is 0 Å². The summed E-state index contributed by atoms with van der Waals surface area (Å²) in [7, 11) is 1.44. The highest BCUT2D eigenvalue weighted by molar-refractivity contribution is 5.95. The zero-order valence-corrected chi connectivity index (χ0v) is 11.9. The Morgan fingerprint density at radius 2 is 2.05 bits per heavy atom. The number of rotatable bonds is 6. The summed E-state index contributed by atoms with van der Waals surface area (Å²) in [6, 6.07) is 0.808. The van der Waals surface area contributed by atoms with E-state index in [2.05, 4.69) is 0 Å². The first-order valence-corrected chi connectivity index (χ1v) is 6.23. The summed E-state index contributed by atoms with van der Waals surface area (Å²) in [5, 5.41) is 10.7. The van der Waals surface area contributed by atoms with E-state index in [1.165, 1.54) is 12.0 Å². The molecule has 0 fully saturated rings. The Hall–Kier alpha value is -2.09. The molecule has 0 N–H and O–H groups in total. The van der Waals surface area contributed by atoms with Gasteiger partial charge in [0.15, 0.2) is 0 Å². The van der Waals surface area contributed by atoms with Gasteiger partial charge in [0.05, 0.1) is 23.2 Å². The third kappa shape index (κ3) is 3.94. The number of ether oxygens (including phenoxy) is 1. The molecule has 0 bridgehead atoms. The van der Waals surface area contributed by atoms with Crippen LogP contribution < -0.4 is 0 Å². The number of carbonyl (C=O) groups excluding carboxylic acids is 1. The SMILES string of the molecule is COCCN(C(=O)c1cc(F)cc([N+](=O)[O-])c1F)C(C)C. The molecule has 0 aliphatic heterocycles. The van der Waals surface area contributed by atoms with Gasteiger partial charge in [-0.25, -0.2) is 4.39 Å². The zero-order chi connectivity index (χ0) is 16.2. The Labute approximate surface area is 120 Å². The molecule has 0 unspecified atom stereocenters. The van der Waals surface area contributed by atoms with Crippen molar-refractivity contribution < 1.29 is 23.2 Å². The summed E-state index contributed by atoms with van der Waals surface area (Å²) >= 11 is 0. The lowest BCUT2D eigenvalue weighted by molar-refractivity contribution is -0.387. The molecule has 6 nitrogen and oxygen atoms in total. The third-order valence-corrected chi connectivity index (χ3v) is 2.87. The maximum Gasteiger partial charge on any atom is 0.308 e. The fourth-order valence-electron chi connectivity index (χ4n) is 1.80. The van der Waals surface area contributed by atoms with Crippen LogP contribution in [0.1, 0.15) is 24.2 Å². The Balaban J connectivity index is 3.24. The fourth-order valence-corrected chi connectivity index (χ4v) is 1.80. The van der Waals surface area contributed by atoms with Gasteiger partial charge in [0, 0.05) is 19.7 Å². The first kappa shape index (κ1) is 17.0. The molecule has 21 heavy (non-hydrogen) atoms. The van der Waals surface area contributed by atoms with Crippen molar-refractivity contribution >= 4 is 11.6 Å². The molecule has 116 valence electrons. The van der Waals surface area contributed by atoms with Crippen LogP contribution in [0.15, 0.2) is 12.1 Å². The van der Waals surface area contributed by atoms with Crippen molar-refractivity contribution in [2.24, 2.45) is 0 Å². The molecule has 1 amide bonds. The van der Waals surface area contributed by atoms with E-state index in [0.29, 0.717) is 12.1 Å². The van der Waals surface area contributed by atoms with E-state index in [1.807, 2.05) is 0 Å². The minimum Gasteiger partial charge on any atom is -0.383 e. The topological polar surface area (TPSA) is 72.7 Å². The summed E-state index contributed by atoms with van der Waals surface area (Å²) in [5.74, 6) is -3.20. The number of carbonyl (C=O) groups is 1. The number of hydrogen-bond donors (Lipinski definition) is 0. The maximum absolute atomic E-state index is 14.0. The predicted octanol–water partition coefficient (Wildman–Crippen LogP) is 2.37. The van der Waals surface area contributed by atoms with E-state index in [4.69, 9.17) is 4.74 Å². The van der Waals surface area contributed by atoms with Crippen molar-refractivity contribution in [2.45, 2.75) is 19.9 Å². The van der Waals surface area contributed by atoms with E-state index < -0.39 is 33.7 Å². The lowest BCUT2D eigenvalue weighted by atomic mass is 10.1. The van der Waals surface area contributed by atoms with Crippen LogP contribution in [0.25, 0.3) is 0 Å². The molecule has 1 aromatic carbocycles. The highest BCUT2D eigenvalue weighted by atomic mass is 19.1. The molecule has 0 saturated carbocycles. The Morgan fingerprint density at radius 1 is 1.43 bits per heavy atom. The van der Waals surface area contributed by atoms with Crippen LogP contribution >= 0.6 is 0 Å². The van der Waals surface area contributed by atoms with Gasteiger partial charge in [0.2, 0.25) is 5.82 Å². The van der Waals surface area contributed by atoms with E-state index in [1.54, 1.807) is 13.8 Å². The summed E-state index contributed by atoms with van der Waals surface area (Å²) < 4.78 is 32.2. The second-order valence-electron chi connectivity index (χ2n) is 4.63. The minimum absolute atomic E-state index is 0.163. The monoisotopic (exact) mass is 302 g/mol. The van der Waals surface area contributed by atoms with Crippen LogP contribution in [0.2, 0.25) is 0 Å². The second kappa shape index (κ2) is 7.07. The smallest absolute Gasteiger partial charge is 0.308 e. The third-order valence-electron chi connectivity index (χ3n) is 2.87. The Morgan fingerprint density at radius 3 is 2.52 bits per heavy atom. The quantitative estimate of drug-likeness (QED) is 0.597. The molecule has 0 saturated heterocycles. The molecule has 0 aliphatic rings. The highest BCUT2D eigenvalue weighted by Crippen LogP contribution is 2.24. The average Bonchev–Trinajstić information content (AvgIpc) is 2.40. The number of nitrogens with zero attached hydrogens (tertiary/aromatic N) is 2. The largest absolute Gasteiger partial charge is 0.383 e. The van der Waals surface area contributed by atoms with Crippen LogP contribution in [-0.4, -0.2) is 42.0 Å². The van der Waals surface area contributed by atoms with Gasteiger partial charge < -0.3 is 9.64 Å². The highest BCUT2D eigenvalue weighted by Gasteiger charge is 2.28. The summed E-state index contributed by atoms with van der Waals surface area (Å²) in [5.41, 5.74) is -1.72. The molecule has 0 aliphatic carbocycles. The second-order valence-corrected chi connectivity index (χ2v) is 4.63. The van der Waals surface area contributed by atoms with Crippen LogP contribution in [0.4, 0.5) is 14.5 Å². The molecule has 0 aromatic heterocycles. The maximum atomic E-state index is 14.0. The molecule has 0 radical (unpaired) electrons. The number of nitro groups is 1. The van der Waals surface area contributed by atoms with E-state index in [0.717, 1.165) is 0 Å². The molecule has 8 heteroatoms. The van der Waals surface area contributed by atoms with Crippen molar-refractivity contribution in [2.75, 3.05) is 20.3 Å². The molecule has 0 atom stereocenters. The number of hydrogen-bond acceptors (Lipinski definition) is 4. The molecule has 0 spiro atoms. The summed E-state index contributed by atoms with van der Waals surface area (Å²) in [6.07, 6.45) is 0. The number of halogens is 2. The molecule has 1 rings (SSSR count). The van der Waals surface area contributed by atoms with E-state index in [9.17, 15) is 23.7 Å². The van der Waals surface area contributed by atoms with Crippen LogP contribution in [0, 0.1) is 21.7 Å². The summed E-state index contributed by atoms with van der Waals surface area (Å²) in [4.78, 5) is 23.1. The minimum atomic E-state index is -1.34. The van der Waals surface area contributed by atoms with Gasteiger partial charge in [0.1, 0.15) is 5.82 Å². The lowest BCUT2D eigenvalue weighted by Gasteiger charge is -2.26. The van der Waals surface area contributed by atoms with Crippen LogP contribution in [-0.2, 0) is 4.74 Å². The van der Waals surface area contributed by atoms with Gasteiger partial charge in [0.25, 0.3) is 5.91 Å². The zero-order valence-electron chi connectivity index (χ0n) is 11.9. The van der Waals surface area contributed by atoms with Crippen molar-refractivity contribution in [3.63, 3.8) is 0 Å². The standard InChI is InChI=1S/C13H16F2N2O4/c1-8(2)16(4-5-21-3)13(18)10-6-9(14)7-11(12(10)15)17(19)20/h6-8H,4-5H2,1-3H3. The average molecular weight is 302 g/mol. The van der Waals surface area contributed by atoms with Gasteiger partial charge in [-0.05, 0) is 19.9 Å². The van der Waals surface area contributed by atoms with Gasteiger partial charge >= 0.3 is 5.69 Å². The molecule has 1 aromatic rings. The predicted molar refractivity (Wildman–Crippen MR) is 71.1 cm³/mol. The normalized spacial score (nSPS) is 10.8. The van der Waals surface area contributed by atoms with Crippen molar-refractivity contribution in [1.82, 2.24) is 4.90 Å². The first-order chi connectivity index (χ1) is 9.79. The Kier molecular flexibility index (Phi) is 5.71. The van der Waals surface area contributed by atoms with Gasteiger partial charge in [-0.3, -0.25) is 14.9 Å². The first-order valence-electron chi connectivity index (χ1n) is 6.23. The van der Waals surface area contributed by atoms with Crippen molar-refractivity contribution in [3.05, 3.63) is 39.4 Å². The Bertz CT molecular complexity index is 549. The molecular formula is C13H16F2N2O4. The van der Waals surface area contributed by atoms with Crippen LogP contribution in [0.3, 0.4) is 0 Å². The van der Waals surface area contributed by atoms with Gasteiger partial charge in [-0.15, -0.1) is 0 Å². The summed E-state index contributed by atoms with van der Waals surface area (Å²) in [6.45, 7) is 3.76. The van der Waals surface area contributed by atoms with Crippen molar-refractivity contribution in [1.29, 1.82) is 0 Å². The van der Waals surface area contributed by atoms with Gasteiger partial charge in [-0.2, -0.15) is 4.39 Å².